The van der Waals surface area contributed by atoms with E-state index in [9.17, 15) is 24.0 Å². The number of rotatable bonds is 7. The maximum Gasteiger partial charge on any atom is 0.308 e. The van der Waals surface area contributed by atoms with Crippen LogP contribution in [0.2, 0.25) is 0 Å². The molecule has 1 saturated heterocycles. The van der Waals surface area contributed by atoms with Crippen LogP contribution in [0.4, 0.5) is 0 Å². The van der Waals surface area contributed by atoms with Crippen molar-refractivity contribution in [2.24, 2.45) is 11.8 Å². The summed E-state index contributed by atoms with van der Waals surface area (Å²) in [7, 11) is 1.40. The van der Waals surface area contributed by atoms with E-state index in [4.69, 9.17) is 9.47 Å². The Labute approximate surface area is 173 Å². The largest absolute Gasteiger partial charge is 0.496 e. The molecule has 9 nitrogen and oxygen atoms in total. The predicted octanol–water partition coefficient (Wildman–Crippen LogP) is 1.06. The number of benzene rings is 1. The SMILES string of the molecule is COc1ccccc1C(=O)NC(=O)COC(=O)CCN1C(=O)[C@H]2CCCC[C@H]2C1=O. The fourth-order valence-corrected chi connectivity index (χ4v) is 3.93. The van der Waals surface area contributed by atoms with E-state index < -0.39 is 24.4 Å². The van der Waals surface area contributed by atoms with Crippen molar-refractivity contribution in [1.29, 1.82) is 0 Å². The average molecular weight is 416 g/mol. The molecule has 0 bridgehead atoms. The zero-order chi connectivity index (χ0) is 21.7. The summed E-state index contributed by atoms with van der Waals surface area (Å²) in [6, 6.07) is 6.38. The van der Waals surface area contributed by atoms with Gasteiger partial charge in [0.15, 0.2) is 6.61 Å². The summed E-state index contributed by atoms with van der Waals surface area (Å²) in [6.45, 7) is -0.710. The Bertz CT molecular complexity index is 843. The summed E-state index contributed by atoms with van der Waals surface area (Å²) in [5, 5.41) is 2.12. The molecule has 2 aliphatic rings. The summed E-state index contributed by atoms with van der Waals surface area (Å²) in [4.78, 5) is 61.9. The third-order valence-electron chi connectivity index (χ3n) is 5.44. The Hall–Kier alpha value is -3.23. The average Bonchev–Trinajstić information content (AvgIpc) is 3.00. The van der Waals surface area contributed by atoms with Crippen molar-refractivity contribution in [1.82, 2.24) is 10.2 Å². The molecule has 1 heterocycles. The van der Waals surface area contributed by atoms with E-state index in [1.165, 1.54) is 13.2 Å². The molecule has 2 fully saturated rings. The molecule has 1 aliphatic heterocycles. The smallest absolute Gasteiger partial charge is 0.308 e. The van der Waals surface area contributed by atoms with Gasteiger partial charge in [0.1, 0.15) is 5.75 Å². The Balaban J connectivity index is 1.43. The van der Waals surface area contributed by atoms with Crippen LogP contribution >= 0.6 is 0 Å². The second-order valence-corrected chi connectivity index (χ2v) is 7.31. The van der Waals surface area contributed by atoms with Crippen LogP contribution in [0.15, 0.2) is 24.3 Å². The molecule has 0 aromatic heterocycles. The van der Waals surface area contributed by atoms with E-state index in [-0.39, 0.29) is 42.2 Å². The number of hydrogen-bond donors (Lipinski definition) is 1. The summed E-state index contributed by atoms with van der Waals surface area (Å²) >= 11 is 0. The number of nitrogens with zero attached hydrogens (tertiary/aromatic N) is 1. The molecule has 9 heteroatoms. The zero-order valence-corrected chi connectivity index (χ0v) is 16.7. The highest BCUT2D eigenvalue weighted by atomic mass is 16.5. The fourth-order valence-electron chi connectivity index (χ4n) is 3.93. The van der Waals surface area contributed by atoms with Gasteiger partial charge >= 0.3 is 5.97 Å². The lowest BCUT2D eigenvalue weighted by Gasteiger charge is -2.19. The number of likely N-dealkylation sites (tertiary alicyclic amines) is 1. The van der Waals surface area contributed by atoms with Crippen molar-refractivity contribution in [3.05, 3.63) is 29.8 Å². The number of imide groups is 2. The lowest BCUT2D eigenvalue weighted by molar-refractivity contribution is -0.149. The van der Waals surface area contributed by atoms with Crippen molar-refractivity contribution in [2.45, 2.75) is 32.1 Å². The van der Waals surface area contributed by atoms with Gasteiger partial charge in [0.25, 0.3) is 11.8 Å². The minimum Gasteiger partial charge on any atom is -0.496 e. The monoisotopic (exact) mass is 416 g/mol. The van der Waals surface area contributed by atoms with Gasteiger partial charge in [0, 0.05) is 6.54 Å². The van der Waals surface area contributed by atoms with Crippen LogP contribution in [0, 0.1) is 11.8 Å². The van der Waals surface area contributed by atoms with Crippen LogP contribution in [0.3, 0.4) is 0 Å². The molecule has 0 spiro atoms. The number of hydrogen-bond acceptors (Lipinski definition) is 7. The van der Waals surface area contributed by atoms with E-state index in [0.717, 1.165) is 17.7 Å². The normalized spacial score (nSPS) is 20.5. The van der Waals surface area contributed by atoms with Crippen LogP contribution < -0.4 is 10.1 Å². The third kappa shape index (κ3) is 4.67. The third-order valence-corrected chi connectivity index (χ3v) is 5.44. The lowest BCUT2D eigenvalue weighted by Crippen LogP contribution is -2.35. The van der Waals surface area contributed by atoms with E-state index in [1.807, 2.05) is 0 Å². The summed E-state index contributed by atoms with van der Waals surface area (Å²) in [5.41, 5.74) is 0.173. The maximum atomic E-state index is 12.4. The molecule has 1 aliphatic carbocycles. The van der Waals surface area contributed by atoms with Crippen LogP contribution in [0.25, 0.3) is 0 Å². The number of esters is 1. The van der Waals surface area contributed by atoms with Crippen molar-refractivity contribution >= 4 is 29.6 Å². The molecule has 30 heavy (non-hydrogen) atoms. The molecule has 1 aromatic carbocycles. The summed E-state index contributed by atoms with van der Waals surface area (Å²) in [6.07, 6.45) is 3.06. The minimum atomic E-state index is -0.793. The number of ether oxygens (including phenoxy) is 2. The molecule has 160 valence electrons. The van der Waals surface area contributed by atoms with E-state index in [1.54, 1.807) is 18.2 Å². The van der Waals surface area contributed by atoms with Gasteiger partial charge in [-0.25, -0.2) is 0 Å². The number of methoxy groups -OCH3 is 1. The Morgan fingerprint density at radius 1 is 1.07 bits per heavy atom. The minimum absolute atomic E-state index is 0.0642. The maximum absolute atomic E-state index is 12.4. The zero-order valence-electron chi connectivity index (χ0n) is 16.7. The number of para-hydroxylation sites is 1. The molecule has 2 atom stereocenters. The van der Waals surface area contributed by atoms with Gasteiger partial charge in [-0.15, -0.1) is 0 Å². The molecule has 3 rings (SSSR count). The molecule has 4 amide bonds. The first-order valence-corrected chi connectivity index (χ1v) is 9.90. The van der Waals surface area contributed by atoms with Crippen molar-refractivity contribution in [2.75, 3.05) is 20.3 Å². The summed E-state index contributed by atoms with van der Waals surface area (Å²) < 4.78 is 9.92. The van der Waals surface area contributed by atoms with Gasteiger partial charge in [0.2, 0.25) is 11.8 Å². The first kappa shape index (κ1) is 21.5. The standard InChI is InChI=1S/C21H24N2O7/c1-29-16-9-5-4-8-15(16)19(26)22-17(24)12-30-18(25)10-11-23-20(27)13-6-2-3-7-14(13)21(23)28/h4-5,8-9,13-14H,2-3,6-7,10-12H2,1H3,(H,22,24,26)/t13-,14+. The van der Waals surface area contributed by atoms with Crippen molar-refractivity contribution < 1.29 is 33.4 Å². The van der Waals surface area contributed by atoms with E-state index in [0.29, 0.717) is 18.6 Å². The quantitative estimate of drug-likeness (QED) is 0.521. The Morgan fingerprint density at radius 3 is 2.33 bits per heavy atom. The highest BCUT2D eigenvalue weighted by Gasteiger charge is 2.47. The molecule has 1 aromatic rings. The topological polar surface area (TPSA) is 119 Å². The first-order chi connectivity index (χ1) is 14.4. The molecular formula is C21H24N2O7. The number of carbonyl (C=O) groups excluding carboxylic acids is 5. The second kappa shape index (κ2) is 9.51. The molecule has 1 saturated carbocycles. The molecular weight excluding hydrogens is 392 g/mol. The summed E-state index contributed by atoms with van der Waals surface area (Å²) in [5.74, 6) is -2.88. The van der Waals surface area contributed by atoms with Crippen LogP contribution in [-0.2, 0) is 23.9 Å². The van der Waals surface area contributed by atoms with Gasteiger partial charge < -0.3 is 9.47 Å². The fraction of sp³-hybridized carbons (Fsp3) is 0.476. The van der Waals surface area contributed by atoms with Gasteiger partial charge in [-0.05, 0) is 25.0 Å². The van der Waals surface area contributed by atoms with Crippen LogP contribution in [0.5, 0.6) is 5.75 Å². The molecule has 0 unspecified atom stereocenters. The Kier molecular flexibility index (Phi) is 6.81. The van der Waals surface area contributed by atoms with Gasteiger partial charge in [-0.3, -0.25) is 34.2 Å². The lowest BCUT2D eigenvalue weighted by atomic mass is 9.81. The number of carbonyl (C=O) groups is 5. The van der Waals surface area contributed by atoms with Crippen LogP contribution in [-0.4, -0.2) is 54.8 Å². The van der Waals surface area contributed by atoms with E-state index in [2.05, 4.69) is 5.32 Å². The van der Waals surface area contributed by atoms with Crippen LogP contribution in [0.1, 0.15) is 42.5 Å². The van der Waals surface area contributed by atoms with Crippen molar-refractivity contribution in [3.63, 3.8) is 0 Å². The van der Waals surface area contributed by atoms with Gasteiger partial charge in [-0.1, -0.05) is 25.0 Å². The van der Waals surface area contributed by atoms with E-state index >= 15 is 0 Å². The van der Waals surface area contributed by atoms with Gasteiger partial charge in [-0.2, -0.15) is 0 Å². The molecule has 0 radical (unpaired) electrons. The first-order valence-electron chi connectivity index (χ1n) is 9.90. The highest BCUT2D eigenvalue weighted by Crippen LogP contribution is 2.37. The van der Waals surface area contributed by atoms with Gasteiger partial charge in [0.05, 0.1) is 30.9 Å². The Morgan fingerprint density at radius 2 is 1.70 bits per heavy atom. The predicted molar refractivity (Wildman–Crippen MR) is 103 cm³/mol. The number of amides is 4. The molecule has 1 N–H and O–H groups in total. The second-order valence-electron chi connectivity index (χ2n) is 7.31. The highest BCUT2D eigenvalue weighted by molar-refractivity contribution is 6.07. The number of fused-ring (bicyclic) bond motifs is 1. The van der Waals surface area contributed by atoms with Crippen molar-refractivity contribution in [3.8, 4) is 5.75 Å². The number of nitrogens with one attached hydrogen (secondary N) is 1.